The summed E-state index contributed by atoms with van der Waals surface area (Å²) in [4.78, 5) is 23.9. The van der Waals surface area contributed by atoms with Crippen LogP contribution in [0.15, 0.2) is 34.9 Å². The summed E-state index contributed by atoms with van der Waals surface area (Å²) >= 11 is 0. The highest BCUT2D eigenvalue weighted by Gasteiger charge is 2.23. The fraction of sp³-hybridized carbons (Fsp3) is 0.231. The Labute approximate surface area is 104 Å². The Morgan fingerprint density at radius 1 is 1.33 bits per heavy atom. The van der Waals surface area contributed by atoms with Gasteiger partial charge in [-0.25, -0.2) is 4.79 Å². The molecule has 5 nitrogen and oxygen atoms in total. The molecule has 1 aromatic heterocycles. The molecule has 1 aromatic carbocycles. The van der Waals surface area contributed by atoms with Gasteiger partial charge in [0.15, 0.2) is 5.78 Å². The lowest BCUT2D eigenvalue weighted by atomic mass is 10.0. The number of rotatable bonds is 3. The molecule has 2 rings (SSSR count). The van der Waals surface area contributed by atoms with Crippen molar-refractivity contribution < 1.29 is 19.1 Å². The number of Topliss-reactive ketones (excluding diaryl/α,β-unsaturated/α-hetero) is 1. The van der Waals surface area contributed by atoms with Crippen molar-refractivity contribution in [2.75, 3.05) is 7.05 Å². The van der Waals surface area contributed by atoms with Crippen LogP contribution in [0.4, 0.5) is 4.79 Å². The molecule has 0 spiro atoms. The number of furan rings is 1. The number of benzene rings is 1. The van der Waals surface area contributed by atoms with Crippen LogP contribution in [0.2, 0.25) is 0 Å². The molecule has 1 unspecified atom stereocenters. The van der Waals surface area contributed by atoms with Gasteiger partial charge in [-0.15, -0.1) is 0 Å². The third-order valence-corrected chi connectivity index (χ3v) is 3.00. The lowest BCUT2D eigenvalue weighted by molar-refractivity contribution is 0.0845. The standard InChI is InChI=1S/C13H13NO4/c1-8(14(2)13(16)17)12(15)10-3-4-11-9(7-10)5-6-18-11/h3-8H,1-2H3,(H,16,17). The zero-order chi connectivity index (χ0) is 13.3. The molecule has 0 fully saturated rings. The molecule has 0 bridgehead atoms. The highest BCUT2D eigenvalue weighted by atomic mass is 16.4. The van der Waals surface area contributed by atoms with E-state index in [1.807, 2.05) is 0 Å². The van der Waals surface area contributed by atoms with Crippen LogP contribution >= 0.6 is 0 Å². The first-order valence-electron chi connectivity index (χ1n) is 5.48. The monoisotopic (exact) mass is 247 g/mol. The Morgan fingerprint density at radius 3 is 2.72 bits per heavy atom. The molecule has 0 saturated heterocycles. The summed E-state index contributed by atoms with van der Waals surface area (Å²) in [6, 6.07) is 6.09. The third-order valence-electron chi connectivity index (χ3n) is 3.00. The smallest absolute Gasteiger partial charge is 0.407 e. The molecular formula is C13H13NO4. The Kier molecular flexibility index (Phi) is 3.06. The maximum absolute atomic E-state index is 12.1. The van der Waals surface area contributed by atoms with E-state index in [-0.39, 0.29) is 5.78 Å². The number of ketones is 1. The fourth-order valence-corrected chi connectivity index (χ4v) is 1.70. The highest BCUT2D eigenvalue weighted by molar-refractivity contribution is 6.03. The summed E-state index contributed by atoms with van der Waals surface area (Å²) in [5, 5.41) is 9.67. The van der Waals surface area contributed by atoms with E-state index < -0.39 is 12.1 Å². The second-order valence-electron chi connectivity index (χ2n) is 4.11. The van der Waals surface area contributed by atoms with Gasteiger partial charge in [0.2, 0.25) is 0 Å². The molecule has 1 N–H and O–H groups in total. The van der Waals surface area contributed by atoms with Gasteiger partial charge in [0.25, 0.3) is 0 Å². The predicted molar refractivity (Wildman–Crippen MR) is 65.8 cm³/mol. The number of likely N-dealkylation sites (N-methyl/N-ethyl adjacent to an activating group) is 1. The second kappa shape index (κ2) is 4.52. The topological polar surface area (TPSA) is 70.8 Å². The first-order valence-corrected chi connectivity index (χ1v) is 5.48. The van der Waals surface area contributed by atoms with Crippen LogP contribution in [0.25, 0.3) is 11.0 Å². The molecule has 2 aromatic rings. The summed E-state index contributed by atoms with van der Waals surface area (Å²) in [7, 11) is 1.38. The molecule has 94 valence electrons. The van der Waals surface area contributed by atoms with Gasteiger partial charge in [-0.3, -0.25) is 4.79 Å². The van der Waals surface area contributed by atoms with Gasteiger partial charge in [-0.2, -0.15) is 0 Å². The normalized spacial score (nSPS) is 12.3. The van der Waals surface area contributed by atoms with Crippen molar-refractivity contribution in [1.82, 2.24) is 4.90 Å². The largest absolute Gasteiger partial charge is 0.465 e. The highest BCUT2D eigenvalue weighted by Crippen LogP contribution is 2.18. The Hall–Kier alpha value is -2.30. The number of carbonyl (C=O) groups is 2. The van der Waals surface area contributed by atoms with Crippen LogP contribution in [-0.2, 0) is 0 Å². The minimum Gasteiger partial charge on any atom is -0.465 e. The molecule has 1 amide bonds. The van der Waals surface area contributed by atoms with Crippen LogP contribution in [0.5, 0.6) is 0 Å². The van der Waals surface area contributed by atoms with Crippen LogP contribution < -0.4 is 0 Å². The number of fused-ring (bicyclic) bond motifs is 1. The Bertz CT molecular complexity index is 602. The first-order chi connectivity index (χ1) is 8.50. The average molecular weight is 247 g/mol. The lowest BCUT2D eigenvalue weighted by Crippen LogP contribution is -2.39. The van der Waals surface area contributed by atoms with E-state index in [2.05, 4.69) is 0 Å². The van der Waals surface area contributed by atoms with Crippen molar-refractivity contribution >= 4 is 22.8 Å². The van der Waals surface area contributed by atoms with Crippen LogP contribution in [-0.4, -0.2) is 35.0 Å². The molecule has 5 heteroatoms. The SMILES string of the molecule is CC(C(=O)c1ccc2occc2c1)N(C)C(=O)O. The molecule has 0 saturated carbocycles. The number of amides is 1. The second-order valence-corrected chi connectivity index (χ2v) is 4.11. The van der Waals surface area contributed by atoms with Gasteiger partial charge < -0.3 is 14.4 Å². The van der Waals surface area contributed by atoms with Crippen LogP contribution in [0.1, 0.15) is 17.3 Å². The van der Waals surface area contributed by atoms with Gasteiger partial charge >= 0.3 is 6.09 Å². The summed E-state index contributed by atoms with van der Waals surface area (Å²) in [5.41, 5.74) is 1.18. The van der Waals surface area contributed by atoms with Crippen molar-refractivity contribution in [3.8, 4) is 0 Å². The van der Waals surface area contributed by atoms with E-state index in [9.17, 15) is 9.59 Å². The maximum Gasteiger partial charge on any atom is 0.407 e. The number of carboxylic acid groups (broad SMARTS) is 1. The van der Waals surface area contributed by atoms with E-state index in [1.165, 1.54) is 7.05 Å². The summed E-state index contributed by atoms with van der Waals surface area (Å²) in [6.45, 7) is 1.57. The average Bonchev–Trinajstić information content (AvgIpc) is 2.82. The van der Waals surface area contributed by atoms with Gasteiger partial charge in [-0.1, -0.05) is 0 Å². The van der Waals surface area contributed by atoms with Gasteiger partial charge in [0.05, 0.1) is 12.3 Å². The molecule has 1 atom stereocenters. The van der Waals surface area contributed by atoms with Crippen LogP contribution in [0.3, 0.4) is 0 Å². The fourth-order valence-electron chi connectivity index (χ4n) is 1.70. The van der Waals surface area contributed by atoms with E-state index in [0.717, 1.165) is 10.3 Å². The molecule has 0 radical (unpaired) electrons. The van der Waals surface area contributed by atoms with Gasteiger partial charge in [0, 0.05) is 18.0 Å². The molecule has 0 aliphatic carbocycles. The predicted octanol–water partition coefficient (Wildman–Crippen LogP) is 2.61. The van der Waals surface area contributed by atoms with Crippen molar-refractivity contribution in [3.05, 3.63) is 36.1 Å². The number of nitrogens with zero attached hydrogens (tertiary/aromatic N) is 1. The quantitative estimate of drug-likeness (QED) is 0.846. The van der Waals surface area contributed by atoms with Crippen molar-refractivity contribution in [2.24, 2.45) is 0 Å². The number of hydrogen-bond donors (Lipinski definition) is 1. The summed E-state index contributed by atoms with van der Waals surface area (Å²) in [5.74, 6) is -0.233. The zero-order valence-electron chi connectivity index (χ0n) is 10.1. The maximum atomic E-state index is 12.1. The van der Waals surface area contributed by atoms with E-state index in [4.69, 9.17) is 9.52 Å². The number of hydrogen-bond acceptors (Lipinski definition) is 3. The minimum atomic E-state index is -1.12. The van der Waals surface area contributed by atoms with Crippen molar-refractivity contribution in [3.63, 3.8) is 0 Å². The van der Waals surface area contributed by atoms with E-state index in [1.54, 1.807) is 37.5 Å². The molecule has 0 aliphatic rings. The molecular weight excluding hydrogens is 234 g/mol. The van der Waals surface area contributed by atoms with Gasteiger partial charge in [-0.05, 0) is 31.2 Å². The van der Waals surface area contributed by atoms with Crippen molar-refractivity contribution in [2.45, 2.75) is 13.0 Å². The van der Waals surface area contributed by atoms with Crippen molar-refractivity contribution in [1.29, 1.82) is 0 Å². The minimum absolute atomic E-state index is 0.233. The van der Waals surface area contributed by atoms with Crippen LogP contribution in [0, 0.1) is 0 Å². The molecule has 18 heavy (non-hydrogen) atoms. The molecule has 0 aliphatic heterocycles. The van der Waals surface area contributed by atoms with E-state index >= 15 is 0 Å². The zero-order valence-corrected chi connectivity index (χ0v) is 10.1. The van der Waals surface area contributed by atoms with E-state index in [0.29, 0.717) is 11.1 Å². The summed E-state index contributed by atoms with van der Waals surface area (Å²) < 4.78 is 5.18. The molecule has 1 heterocycles. The first kappa shape index (κ1) is 12.2. The third kappa shape index (κ3) is 2.07. The number of carbonyl (C=O) groups excluding carboxylic acids is 1. The Balaban J connectivity index is 2.30. The van der Waals surface area contributed by atoms with Gasteiger partial charge in [0.1, 0.15) is 5.58 Å². The lowest BCUT2D eigenvalue weighted by Gasteiger charge is -2.20. The summed E-state index contributed by atoms with van der Waals surface area (Å²) in [6.07, 6.45) is 0.423. The Morgan fingerprint density at radius 2 is 2.06 bits per heavy atom.